The molecule has 2 aromatic rings. The summed E-state index contributed by atoms with van der Waals surface area (Å²) in [7, 11) is 0. The Morgan fingerprint density at radius 2 is 2.28 bits per heavy atom. The van der Waals surface area contributed by atoms with Crippen LogP contribution in [0.4, 0.5) is 0 Å². The highest BCUT2D eigenvalue weighted by Crippen LogP contribution is 2.25. The Balaban J connectivity index is 1.74. The predicted molar refractivity (Wildman–Crippen MR) is 71.9 cm³/mol. The van der Waals surface area contributed by atoms with Crippen LogP contribution in [0.3, 0.4) is 0 Å². The minimum absolute atomic E-state index is 0.165. The molecule has 1 aromatic heterocycles. The minimum atomic E-state index is -0.216. The number of hydrogen-bond acceptors (Lipinski definition) is 4. The van der Waals surface area contributed by atoms with Crippen LogP contribution in [-0.2, 0) is 16.0 Å². The van der Waals surface area contributed by atoms with Crippen LogP contribution in [0.2, 0.25) is 0 Å². The van der Waals surface area contributed by atoms with E-state index >= 15 is 0 Å². The average Bonchev–Trinajstić information content (AvgIpc) is 2.94. The number of aromatic nitrogens is 1. The molecular formula is C14H15NO2S. The molecule has 94 valence electrons. The zero-order valence-corrected chi connectivity index (χ0v) is 11.1. The van der Waals surface area contributed by atoms with Crippen LogP contribution in [0, 0.1) is 0 Å². The van der Waals surface area contributed by atoms with Gasteiger partial charge in [0.15, 0.2) is 5.78 Å². The molecule has 0 saturated carbocycles. The molecule has 18 heavy (non-hydrogen) atoms. The lowest BCUT2D eigenvalue weighted by Crippen LogP contribution is -2.22. The minimum Gasteiger partial charge on any atom is -0.367 e. The summed E-state index contributed by atoms with van der Waals surface area (Å²) in [4.78, 5) is 16.6. The molecule has 0 amide bonds. The van der Waals surface area contributed by atoms with E-state index < -0.39 is 0 Å². The van der Waals surface area contributed by atoms with Gasteiger partial charge in [0.25, 0.3) is 0 Å². The summed E-state index contributed by atoms with van der Waals surface area (Å²) in [5.41, 5.74) is 0.978. The van der Waals surface area contributed by atoms with E-state index in [1.54, 1.807) is 11.3 Å². The van der Waals surface area contributed by atoms with Gasteiger partial charge in [-0.1, -0.05) is 12.1 Å². The Kier molecular flexibility index (Phi) is 3.14. The lowest BCUT2D eigenvalue weighted by molar-refractivity contribution is -0.128. The number of ketones is 1. The number of rotatable bonds is 3. The third-order valence-corrected chi connectivity index (χ3v) is 4.29. The van der Waals surface area contributed by atoms with Gasteiger partial charge in [0.05, 0.1) is 22.7 Å². The number of Topliss-reactive ketones (excluding diaryl/α,β-unsaturated/α-hetero) is 1. The van der Waals surface area contributed by atoms with Crippen LogP contribution in [0.15, 0.2) is 24.3 Å². The quantitative estimate of drug-likeness (QED) is 0.852. The van der Waals surface area contributed by atoms with Crippen LogP contribution >= 0.6 is 11.3 Å². The summed E-state index contributed by atoms with van der Waals surface area (Å²) < 4.78 is 6.74. The molecule has 1 aliphatic rings. The molecular weight excluding hydrogens is 246 g/mol. The summed E-state index contributed by atoms with van der Waals surface area (Å²) in [5, 5.41) is 0.893. The van der Waals surface area contributed by atoms with E-state index in [9.17, 15) is 4.79 Å². The van der Waals surface area contributed by atoms with Crippen LogP contribution in [0.25, 0.3) is 10.2 Å². The fraction of sp³-hybridized carbons (Fsp3) is 0.429. The smallest absolute Gasteiger partial charge is 0.168 e. The van der Waals surface area contributed by atoms with Crippen molar-refractivity contribution in [3.8, 4) is 0 Å². The van der Waals surface area contributed by atoms with Gasteiger partial charge in [-0.2, -0.15) is 0 Å². The van der Waals surface area contributed by atoms with Gasteiger partial charge < -0.3 is 4.74 Å². The average molecular weight is 261 g/mol. The molecule has 2 unspecified atom stereocenters. The number of nitrogens with zero attached hydrogens (tertiary/aromatic N) is 1. The molecule has 3 nitrogen and oxygen atoms in total. The number of hydrogen-bond donors (Lipinski definition) is 0. The Labute approximate surface area is 110 Å². The van der Waals surface area contributed by atoms with Gasteiger partial charge >= 0.3 is 0 Å². The molecule has 0 radical (unpaired) electrons. The summed E-state index contributed by atoms with van der Waals surface area (Å²) in [6.45, 7) is 2.02. The monoisotopic (exact) mass is 261 g/mol. The maximum atomic E-state index is 12.1. The van der Waals surface area contributed by atoms with E-state index in [0.717, 1.165) is 28.1 Å². The number of benzene rings is 1. The van der Waals surface area contributed by atoms with Crippen molar-refractivity contribution in [1.82, 2.24) is 4.98 Å². The molecule has 1 saturated heterocycles. The lowest BCUT2D eigenvalue weighted by Gasteiger charge is -2.08. The third-order valence-electron chi connectivity index (χ3n) is 3.25. The standard InChI is InChI=1S/C14H15NO2S/c1-9-6-7-12(17-9)11(16)8-14-15-10-4-2-3-5-13(10)18-14/h2-5,9,12H,6-8H2,1H3. The number of carbonyl (C=O) groups is 1. The normalized spacial score (nSPS) is 23.6. The first-order valence-electron chi connectivity index (χ1n) is 6.25. The first-order valence-corrected chi connectivity index (χ1v) is 7.06. The molecule has 3 rings (SSSR count). The summed E-state index contributed by atoms with van der Waals surface area (Å²) in [6, 6.07) is 7.98. The lowest BCUT2D eigenvalue weighted by atomic mass is 10.1. The maximum Gasteiger partial charge on any atom is 0.168 e. The van der Waals surface area contributed by atoms with Gasteiger partial charge in [0, 0.05) is 0 Å². The SMILES string of the molecule is CC1CCC(C(=O)Cc2nc3ccccc3s2)O1. The molecule has 2 atom stereocenters. The second-order valence-corrected chi connectivity index (χ2v) is 5.85. The highest BCUT2D eigenvalue weighted by atomic mass is 32.1. The zero-order valence-electron chi connectivity index (χ0n) is 10.3. The molecule has 4 heteroatoms. The van der Waals surface area contributed by atoms with Crippen molar-refractivity contribution in [2.45, 2.75) is 38.4 Å². The van der Waals surface area contributed by atoms with E-state index in [1.165, 1.54) is 0 Å². The van der Waals surface area contributed by atoms with E-state index in [2.05, 4.69) is 4.98 Å². The molecule has 0 aliphatic carbocycles. The largest absolute Gasteiger partial charge is 0.367 e. The van der Waals surface area contributed by atoms with E-state index in [1.807, 2.05) is 31.2 Å². The Hall–Kier alpha value is -1.26. The molecule has 1 fully saturated rings. The summed E-state index contributed by atoms with van der Waals surface area (Å²) >= 11 is 1.60. The fourth-order valence-corrected chi connectivity index (χ4v) is 3.28. The summed E-state index contributed by atoms with van der Waals surface area (Å²) in [5.74, 6) is 0.165. The molecule has 0 spiro atoms. The van der Waals surface area contributed by atoms with Crippen LogP contribution in [0.5, 0.6) is 0 Å². The van der Waals surface area contributed by atoms with Gasteiger partial charge in [0.1, 0.15) is 11.1 Å². The van der Waals surface area contributed by atoms with Crippen molar-refractivity contribution >= 4 is 27.3 Å². The van der Waals surface area contributed by atoms with Crippen molar-refractivity contribution in [2.75, 3.05) is 0 Å². The fourth-order valence-electron chi connectivity index (χ4n) is 2.30. The topological polar surface area (TPSA) is 39.2 Å². The Bertz CT molecular complexity index is 545. The number of ether oxygens (including phenoxy) is 1. The number of thiazole rings is 1. The van der Waals surface area contributed by atoms with Crippen molar-refractivity contribution in [3.05, 3.63) is 29.3 Å². The molecule has 0 N–H and O–H groups in total. The third kappa shape index (κ3) is 2.31. The first kappa shape index (κ1) is 11.8. The van der Waals surface area contributed by atoms with Gasteiger partial charge in [-0.15, -0.1) is 11.3 Å². The Morgan fingerprint density at radius 3 is 3.00 bits per heavy atom. The Morgan fingerprint density at radius 1 is 1.44 bits per heavy atom. The number of fused-ring (bicyclic) bond motifs is 1. The highest BCUT2D eigenvalue weighted by molar-refractivity contribution is 7.18. The second kappa shape index (κ2) is 4.78. The zero-order chi connectivity index (χ0) is 12.5. The van der Waals surface area contributed by atoms with E-state index in [-0.39, 0.29) is 18.0 Å². The predicted octanol–water partition coefficient (Wildman–Crippen LogP) is 2.98. The van der Waals surface area contributed by atoms with Crippen molar-refractivity contribution in [1.29, 1.82) is 0 Å². The molecule has 2 heterocycles. The highest BCUT2D eigenvalue weighted by Gasteiger charge is 2.28. The van der Waals surface area contributed by atoms with Crippen LogP contribution in [-0.4, -0.2) is 23.0 Å². The van der Waals surface area contributed by atoms with Gasteiger partial charge in [-0.25, -0.2) is 4.98 Å². The number of carbonyl (C=O) groups excluding carboxylic acids is 1. The van der Waals surface area contributed by atoms with Gasteiger partial charge in [-0.3, -0.25) is 4.79 Å². The maximum absolute atomic E-state index is 12.1. The van der Waals surface area contributed by atoms with E-state index in [0.29, 0.717) is 6.42 Å². The van der Waals surface area contributed by atoms with Gasteiger partial charge in [0.2, 0.25) is 0 Å². The number of para-hydroxylation sites is 1. The van der Waals surface area contributed by atoms with Gasteiger partial charge in [-0.05, 0) is 31.9 Å². The van der Waals surface area contributed by atoms with Crippen LogP contribution < -0.4 is 0 Å². The second-order valence-electron chi connectivity index (χ2n) is 4.73. The molecule has 1 aromatic carbocycles. The van der Waals surface area contributed by atoms with Crippen LogP contribution in [0.1, 0.15) is 24.8 Å². The molecule has 0 bridgehead atoms. The van der Waals surface area contributed by atoms with Crippen molar-refractivity contribution < 1.29 is 9.53 Å². The first-order chi connectivity index (χ1) is 8.72. The van der Waals surface area contributed by atoms with Crippen molar-refractivity contribution in [2.24, 2.45) is 0 Å². The summed E-state index contributed by atoms with van der Waals surface area (Å²) in [6.07, 6.45) is 2.24. The molecule has 1 aliphatic heterocycles. The van der Waals surface area contributed by atoms with E-state index in [4.69, 9.17) is 4.74 Å². The van der Waals surface area contributed by atoms with Crippen molar-refractivity contribution in [3.63, 3.8) is 0 Å².